The number of rotatable bonds is 5. The summed E-state index contributed by atoms with van der Waals surface area (Å²) in [6, 6.07) is 8.15. The zero-order valence-corrected chi connectivity index (χ0v) is 15.4. The summed E-state index contributed by atoms with van der Waals surface area (Å²) in [4.78, 5) is 12.1. The van der Waals surface area contributed by atoms with E-state index in [1.165, 1.54) is 6.92 Å². The van der Waals surface area contributed by atoms with Gasteiger partial charge in [-0.2, -0.15) is 0 Å². The molecule has 0 heterocycles. The molecule has 2 aromatic carbocycles. The Kier molecular flexibility index (Phi) is 5.69. The number of halogens is 2. The van der Waals surface area contributed by atoms with Gasteiger partial charge in [-0.25, -0.2) is 12.8 Å². The van der Waals surface area contributed by atoms with Gasteiger partial charge in [0.05, 0.1) is 10.6 Å². The number of carbonyl (C=O) groups is 1. The average Bonchev–Trinajstić information content (AvgIpc) is 2.50. The molecule has 0 saturated heterocycles. The van der Waals surface area contributed by atoms with Gasteiger partial charge in [0.1, 0.15) is 11.6 Å². The molecule has 1 atom stereocenters. The number of nitrogens with one attached hydrogen (secondary N) is 1. The molecule has 0 fully saturated rings. The number of benzene rings is 2. The highest BCUT2D eigenvalue weighted by Gasteiger charge is 2.19. The highest BCUT2D eigenvalue weighted by molar-refractivity contribution is 7.90. The van der Waals surface area contributed by atoms with Crippen LogP contribution in [0.1, 0.15) is 12.5 Å². The SMILES string of the molecule is Cc1cc(Cl)ccc1OC(C)C(=O)Nc1cc(S(C)(=O)=O)ccc1F. The van der Waals surface area contributed by atoms with E-state index in [-0.39, 0.29) is 10.6 Å². The molecule has 134 valence electrons. The Labute approximate surface area is 150 Å². The van der Waals surface area contributed by atoms with Crippen LogP contribution in [0.3, 0.4) is 0 Å². The molecule has 0 bridgehead atoms. The first-order valence-electron chi connectivity index (χ1n) is 7.31. The van der Waals surface area contributed by atoms with Crippen LogP contribution in [-0.4, -0.2) is 26.7 Å². The lowest BCUT2D eigenvalue weighted by atomic mass is 10.2. The molecule has 0 aliphatic rings. The van der Waals surface area contributed by atoms with Crippen LogP contribution in [0, 0.1) is 12.7 Å². The van der Waals surface area contributed by atoms with Crippen LogP contribution >= 0.6 is 11.6 Å². The van der Waals surface area contributed by atoms with Gasteiger partial charge in [-0.15, -0.1) is 0 Å². The van der Waals surface area contributed by atoms with Crippen LogP contribution in [0.15, 0.2) is 41.3 Å². The van der Waals surface area contributed by atoms with E-state index in [0.717, 1.165) is 30.0 Å². The van der Waals surface area contributed by atoms with Crippen molar-refractivity contribution in [3.05, 3.63) is 52.8 Å². The number of aryl methyl sites for hydroxylation is 1. The number of sulfone groups is 1. The van der Waals surface area contributed by atoms with Crippen LogP contribution < -0.4 is 10.1 Å². The van der Waals surface area contributed by atoms with Gasteiger partial charge in [-0.05, 0) is 55.8 Å². The third-order valence-corrected chi connectivity index (χ3v) is 4.78. The maximum atomic E-state index is 13.9. The molecule has 0 aliphatic heterocycles. The van der Waals surface area contributed by atoms with Crippen LogP contribution in [0.4, 0.5) is 10.1 Å². The fraction of sp³-hybridized carbons (Fsp3) is 0.235. The number of ether oxygens (including phenoxy) is 1. The Morgan fingerprint density at radius 1 is 1.24 bits per heavy atom. The van der Waals surface area contributed by atoms with Crippen molar-refractivity contribution >= 4 is 33.0 Å². The topological polar surface area (TPSA) is 72.5 Å². The van der Waals surface area contributed by atoms with E-state index < -0.39 is 27.7 Å². The van der Waals surface area contributed by atoms with E-state index in [0.29, 0.717) is 10.8 Å². The molecule has 0 aromatic heterocycles. The summed E-state index contributed by atoms with van der Waals surface area (Å²) in [5.74, 6) is -0.882. The third kappa shape index (κ3) is 4.93. The van der Waals surface area contributed by atoms with Gasteiger partial charge in [0.15, 0.2) is 15.9 Å². The van der Waals surface area contributed by atoms with Crippen LogP contribution in [-0.2, 0) is 14.6 Å². The van der Waals surface area contributed by atoms with Gasteiger partial charge in [-0.3, -0.25) is 4.79 Å². The number of hydrogen-bond donors (Lipinski definition) is 1. The van der Waals surface area contributed by atoms with E-state index in [1.54, 1.807) is 25.1 Å². The van der Waals surface area contributed by atoms with Crippen molar-refractivity contribution in [2.24, 2.45) is 0 Å². The van der Waals surface area contributed by atoms with Gasteiger partial charge in [-0.1, -0.05) is 11.6 Å². The van der Waals surface area contributed by atoms with E-state index in [4.69, 9.17) is 16.3 Å². The van der Waals surface area contributed by atoms with Gasteiger partial charge in [0.2, 0.25) is 0 Å². The van der Waals surface area contributed by atoms with E-state index >= 15 is 0 Å². The lowest BCUT2D eigenvalue weighted by molar-refractivity contribution is -0.122. The summed E-state index contributed by atoms with van der Waals surface area (Å²) in [6.45, 7) is 3.28. The average molecular weight is 386 g/mol. The van der Waals surface area contributed by atoms with Crippen molar-refractivity contribution in [3.8, 4) is 5.75 Å². The molecule has 0 saturated carbocycles. The normalized spacial score (nSPS) is 12.5. The second-order valence-electron chi connectivity index (χ2n) is 5.57. The molecule has 0 radical (unpaired) electrons. The summed E-state index contributed by atoms with van der Waals surface area (Å²) in [5, 5.41) is 2.89. The van der Waals surface area contributed by atoms with Gasteiger partial charge >= 0.3 is 0 Å². The predicted molar refractivity (Wildman–Crippen MR) is 94.4 cm³/mol. The predicted octanol–water partition coefficient (Wildman–Crippen LogP) is 3.60. The first kappa shape index (κ1) is 19.2. The van der Waals surface area contributed by atoms with Crippen molar-refractivity contribution in [1.29, 1.82) is 0 Å². The van der Waals surface area contributed by atoms with Crippen LogP contribution in [0.25, 0.3) is 0 Å². The summed E-state index contributed by atoms with van der Waals surface area (Å²) in [5.41, 5.74) is 0.522. The Bertz CT molecular complexity index is 915. The summed E-state index contributed by atoms with van der Waals surface area (Å²) >= 11 is 5.87. The van der Waals surface area contributed by atoms with Gasteiger partial charge in [0.25, 0.3) is 5.91 Å². The lowest BCUT2D eigenvalue weighted by Crippen LogP contribution is -2.30. The maximum absolute atomic E-state index is 13.9. The van der Waals surface area contributed by atoms with Crippen molar-refractivity contribution < 1.29 is 22.3 Å². The molecule has 8 heteroatoms. The number of hydrogen-bond acceptors (Lipinski definition) is 4. The van der Waals surface area contributed by atoms with E-state index in [2.05, 4.69) is 5.32 Å². The summed E-state index contributed by atoms with van der Waals surface area (Å²) in [6.07, 6.45) is 0.0714. The minimum atomic E-state index is -3.52. The monoisotopic (exact) mass is 385 g/mol. The van der Waals surface area contributed by atoms with Crippen molar-refractivity contribution in [3.63, 3.8) is 0 Å². The maximum Gasteiger partial charge on any atom is 0.265 e. The van der Waals surface area contributed by atoms with Crippen LogP contribution in [0.5, 0.6) is 5.75 Å². The molecule has 1 amide bonds. The highest BCUT2D eigenvalue weighted by Crippen LogP contribution is 2.24. The highest BCUT2D eigenvalue weighted by atomic mass is 35.5. The fourth-order valence-corrected chi connectivity index (χ4v) is 2.93. The molecule has 0 spiro atoms. The quantitative estimate of drug-likeness (QED) is 0.798. The molecule has 1 unspecified atom stereocenters. The molecular formula is C17H17ClFNO4S. The van der Waals surface area contributed by atoms with Gasteiger partial charge < -0.3 is 10.1 Å². The number of amides is 1. The van der Waals surface area contributed by atoms with Gasteiger partial charge in [0, 0.05) is 11.3 Å². The Morgan fingerprint density at radius 3 is 2.52 bits per heavy atom. The second kappa shape index (κ2) is 7.41. The molecule has 2 aromatic rings. The summed E-state index contributed by atoms with van der Waals surface area (Å²) < 4.78 is 42.5. The fourth-order valence-electron chi connectivity index (χ4n) is 2.05. The number of carbonyl (C=O) groups excluding carboxylic acids is 1. The first-order valence-corrected chi connectivity index (χ1v) is 9.58. The van der Waals surface area contributed by atoms with Crippen LogP contribution in [0.2, 0.25) is 5.02 Å². The number of anilines is 1. The largest absolute Gasteiger partial charge is 0.481 e. The molecule has 1 N–H and O–H groups in total. The minimum Gasteiger partial charge on any atom is -0.481 e. The zero-order chi connectivity index (χ0) is 18.8. The Morgan fingerprint density at radius 2 is 1.92 bits per heavy atom. The Hall–Kier alpha value is -2.12. The Balaban J connectivity index is 2.16. The minimum absolute atomic E-state index is 0.0914. The van der Waals surface area contributed by atoms with Crippen molar-refractivity contribution in [2.45, 2.75) is 24.8 Å². The van der Waals surface area contributed by atoms with E-state index in [1.807, 2.05) is 0 Å². The van der Waals surface area contributed by atoms with Crippen molar-refractivity contribution in [2.75, 3.05) is 11.6 Å². The molecule has 5 nitrogen and oxygen atoms in total. The van der Waals surface area contributed by atoms with Crippen molar-refractivity contribution in [1.82, 2.24) is 0 Å². The summed E-state index contributed by atoms with van der Waals surface area (Å²) in [7, 11) is -3.52. The third-order valence-electron chi connectivity index (χ3n) is 3.43. The smallest absolute Gasteiger partial charge is 0.265 e. The first-order chi connectivity index (χ1) is 11.6. The molecule has 25 heavy (non-hydrogen) atoms. The second-order valence-corrected chi connectivity index (χ2v) is 8.03. The molecule has 2 rings (SSSR count). The van der Waals surface area contributed by atoms with E-state index in [9.17, 15) is 17.6 Å². The lowest BCUT2D eigenvalue weighted by Gasteiger charge is -2.17. The zero-order valence-electron chi connectivity index (χ0n) is 13.8. The molecular weight excluding hydrogens is 369 g/mol. The standard InChI is InChI=1S/C17H17ClFNO4S/c1-10-8-12(18)4-7-16(10)24-11(2)17(21)20-15-9-13(25(3,22)23)5-6-14(15)19/h4-9,11H,1-3H3,(H,20,21). The molecule has 0 aliphatic carbocycles.